The summed E-state index contributed by atoms with van der Waals surface area (Å²) < 4.78 is 41.9. The minimum atomic E-state index is -3.63. The molecular weight excluding hydrogens is 348 g/mol. The number of benzene rings is 1. The summed E-state index contributed by atoms with van der Waals surface area (Å²) in [7, 11) is -3.63. The Morgan fingerprint density at radius 2 is 2.04 bits per heavy atom. The third-order valence-electron chi connectivity index (χ3n) is 4.31. The Kier molecular flexibility index (Phi) is 5.46. The zero-order valence-corrected chi connectivity index (χ0v) is 15.4. The van der Waals surface area contributed by atoms with Crippen molar-refractivity contribution in [1.82, 2.24) is 18.4 Å². The van der Waals surface area contributed by atoms with Gasteiger partial charge in [0.1, 0.15) is 15.9 Å². The molecule has 1 aromatic heterocycles. The molecule has 0 aliphatic carbocycles. The molecule has 0 spiro atoms. The van der Waals surface area contributed by atoms with Crippen molar-refractivity contribution in [2.45, 2.75) is 24.8 Å². The van der Waals surface area contributed by atoms with Crippen LogP contribution in [0.2, 0.25) is 0 Å². The Morgan fingerprint density at radius 3 is 2.75 bits per heavy atom. The standard InChI is InChI=1S/C15H22N4O3S2/c1-11(2)13(19-6-8-22-9-7-19)10-16-24(20,21)14-5-3-4-12-15(14)18-23-17-12/h3-5,11,13,16H,6-10H2,1-2H3/t13-/m1/s1. The van der Waals surface area contributed by atoms with Gasteiger partial charge in [0.15, 0.2) is 0 Å². The highest BCUT2D eigenvalue weighted by atomic mass is 32.2. The fourth-order valence-corrected chi connectivity index (χ4v) is 4.78. The van der Waals surface area contributed by atoms with Crippen LogP contribution in [0.25, 0.3) is 11.0 Å². The molecule has 1 N–H and O–H groups in total. The summed E-state index contributed by atoms with van der Waals surface area (Å²) in [5, 5.41) is 0. The molecule has 0 radical (unpaired) electrons. The van der Waals surface area contributed by atoms with Gasteiger partial charge in [-0.3, -0.25) is 4.90 Å². The monoisotopic (exact) mass is 370 g/mol. The number of hydrogen-bond donors (Lipinski definition) is 1. The molecule has 132 valence electrons. The van der Waals surface area contributed by atoms with E-state index in [0.717, 1.165) is 24.8 Å². The number of nitrogens with one attached hydrogen (secondary N) is 1. The average molecular weight is 371 g/mol. The molecule has 1 aromatic carbocycles. The first-order valence-electron chi connectivity index (χ1n) is 8.02. The maximum absolute atomic E-state index is 12.7. The molecule has 1 saturated heterocycles. The van der Waals surface area contributed by atoms with E-state index in [4.69, 9.17) is 4.74 Å². The molecule has 1 atom stereocenters. The Morgan fingerprint density at radius 1 is 1.29 bits per heavy atom. The SMILES string of the molecule is CC(C)[C@@H](CNS(=O)(=O)c1cccc2nsnc12)N1CCOCC1. The van der Waals surface area contributed by atoms with Crippen LogP contribution in [-0.2, 0) is 14.8 Å². The molecule has 9 heteroatoms. The van der Waals surface area contributed by atoms with E-state index in [1.165, 1.54) is 0 Å². The van der Waals surface area contributed by atoms with E-state index in [2.05, 4.69) is 32.2 Å². The maximum Gasteiger partial charge on any atom is 0.242 e. The van der Waals surface area contributed by atoms with Gasteiger partial charge in [-0.2, -0.15) is 8.75 Å². The first-order chi connectivity index (χ1) is 11.5. The lowest BCUT2D eigenvalue weighted by Crippen LogP contribution is -2.51. The summed E-state index contributed by atoms with van der Waals surface area (Å²) >= 11 is 1.02. The van der Waals surface area contributed by atoms with Gasteiger partial charge in [-0.1, -0.05) is 19.9 Å². The van der Waals surface area contributed by atoms with Gasteiger partial charge in [-0.15, -0.1) is 0 Å². The zero-order valence-electron chi connectivity index (χ0n) is 13.8. The summed E-state index contributed by atoms with van der Waals surface area (Å²) in [4.78, 5) is 2.49. The normalized spacial score (nSPS) is 18.3. The lowest BCUT2D eigenvalue weighted by Gasteiger charge is -2.36. The molecule has 0 saturated carbocycles. The number of rotatable bonds is 6. The smallest absolute Gasteiger partial charge is 0.242 e. The summed E-state index contributed by atoms with van der Waals surface area (Å²) in [6, 6.07) is 5.17. The van der Waals surface area contributed by atoms with Crippen molar-refractivity contribution in [2.75, 3.05) is 32.8 Å². The number of hydrogen-bond acceptors (Lipinski definition) is 7. The quantitative estimate of drug-likeness (QED) is 0.826. The van der Waals surface area contributed by atoms with Gasteiger partial charge in [0.2, 0.25) is 10.0 Å². The second-order valence-electron chi connectivity index (χ2n) is 6.20. The van der Waals surface area contributed by atoms with Crippen molar-refractivity contribution >= 4 is 32.8 Å². The van der Waals surface area contributed by atoms with Crippen molar-refractivity contribution in [3.63, 3.8) is 0 Å². The first-order valence-corrected chi connectivity index (χ1v) is 10.2. The molecule has 0 unspecified atom stereocenters. The van der Waals surface area contributed by atoms with E-state index in [9.17, 15) is 8.42 Å². The van der Waals surface area contributed by atoms with Crippen molar-refractivity contribution in [3.05, 3.63) is 18.2 Å². The third kappa shape index (κ3) is 3.75. The number of fused-ring (bicyclic) bond motifs is 1. The lowest BCUT2D eigenvalue weighted by atomic mass is 10.0. The van der Waals surface area contributed by atoms with Crippen LogP contribution in [0, 0.1) is 5.92 Å². The lowest BCUT2D eigenvalue weighted by molar-refractivity contribution is 0.00776. The van der Waals surface area contributed by atoms with Gasteiger partial charge in [0.25, 0.3) is 0 Å². The van der Waals surface area contributed by atoms with Crippen LogP contribution in [0.3, 0.4) is 0 Å². The van der Waals surface area contributed by atoms with Crippen LogP contribution in [0.4, 0.5) is 0 Å². The van der Waals surface area contributed by atoms with E-state index in [-0.39, 0.29) is 10.9 Å². The molecule has 24 heavy (non-hydrogen) atoms. The summed E-state index contributed by atoms with van der Waals surface area (Å²) in [6.07, 6.45) is 0. The average Bonchev–Trinajstić information content (AvgIpc) is 3.04. The zero-order chi connectivity index (χ0) is 17.2. The van der Waals surface area contributed by atoms with E-state index < -0.39 is 10.0 Å². The summed E-state index contributed by atoms with van der Waals surface area (Å²) in [5.74, 6) is 0.336. The predicted octanol–water partition coefficient (Wildman–Crippen LogP) is 1.33. The number of nitrogens with zero attached hydrogens (tertiary/aromatic N) is 3. The van der Waals surface area contributed by atoms with Crippen molar-refractivity contribution in [3.8, 4) is 0 Å². The third-order valence-corrected chi connectivity index (χ3v) is 6.30. The Hall–Kier alpha value is -1.13. The molecule has 7 nitrogen and oxygen atoms in total. The van der Waals surface area contributed by atoms with Gasteiger partial charge < -0.3 is 4.74 Å². The highest BCUT2D eigenvalue weighted by Crippen LogP contribution is 2.21. The second kappa shape index (κ2) is 7.40. The number of sulfonamides is 1. The molecule has 1 aliphatic rings. The van der Waals surface area contributed by atoms with E-state index >= 15 is 0 Å². The summed E-state index contributed by atoms with van der Waals surface area (Å²) in [5.41, 5.74) is 1.04. The van der Waals surface area contributed by atoms with Crippen LogP contribution in [-0.4, -0.2) is 61.0 Å². The Bertz CT molecular complexity index is 785. The predicted molar refractivity (Wildman–Crippen MR) is 93.6 cm³/mol. The Labute approximate surface area is 146 Å². The van der Waals surface area contributed by atoms with Crippen LogP contribution in [0.15, 0.2) is 23.1 Å². The van der Waals surface area contributed by atoms with E-state index in [0.29, 0.717) is 36.7 Å². The summed E-state index contributed by atoms with van der Waals surface area (Å²) in [6.45, 7) is 7.64. The molecule has 2 aromatic rings. The Balaban J connectivity index is 1.77. The van der Waals surface area contributed by atoms with Crippen molar-refractivity contribution in [1.29, 1.82) is 0 Å². The molecule has 3 rings (SSSR count). The molecular formula is C15H22N4O3S2. The minimum absolute atomic E-state index is 0.136. The van der Waals surface area contributed by atoms with Gasteiger partial charge >= 0.3 is 0 Å². The minimum Gasteiger partial charge on any atom is -0.379 e. The van der Waals surface area contributed by atoms with Crippen molar-refractivity contribution in [2.24, 2.45) is 5.92 Å². The van der Waals surface area contributed by atoms with Crippen LogP contribution in [0.5, 0.6) is 0 Å². The first kappa shape index (κ1) is 17.7. The number of ether oxygens (including phenoxy) is 1. The highest BCUT2D eigenvalue weighted by Gasteiger charge is 2.27. The topological polar surface area (TPSA) is 84.4 Å². The number of aromatic nitrogens is 2. The highest BCUT2D eigenvalue weighted by molar-refractivity contribution is 7.89. The molecule has 0 bridgehead atoms. The van der Waals surface area contributed by atoms with Crippen LogP contribution < -0.4 is 4.72 Å². The second-order valence-corrected chi connectivity index (χ2v) is 8.46. The van der Waals surface area contributed by atoms with Gasteiger partial charge in [-0.25, -0.2) is 13.1 Å². The molecule has 2 heterocycles. The molecule has 0 amide bonds. The van der Waals surface area contributed by atoms with E-state index in [1.807, 2.05) is 0 Å². The van der Waals surface area contributed by atoms with Gasteiger partial charge in [0, 0.05) is 25.7 Å². The fourth-order valence-electron chi connectivity index (χ4n) is 2.97. The van der Waals surface area contributed by atoms with E-state index in [1.54, 1.807) is 18.2 Å². The maximum atomic E-state index is 12.7. The molecule has 1 fully saturated rings. The number of morpholine rings is 1. The molecule has 1 aliphatic heterocycles. The van der Waals surface area contributed by atoms with Crippen molar-refractivity contribution < 1.29 is 13.2 Å². The fraction of sp³-hybridized carbons (Fsp3) is 0.600. The van der Waals surface area contributed by atoms with Crippen LogP contribution >= 0.6 is 11.7 Å². The largest absolute Gasteiger partial charge is 0.379 e. The van der Waals surface area contributed by atoms with Gasteiger partial charge in [0.05, 0.1) is 24.9 Å². The van der Waals surface area contributed by atoms with Crippen LogP contribution in [0.1, 0.15) is 13.8 Å². The van der Waals surface area contributed by atoms with Gasteiger partial charge in [-0.05, 0) is 18.1 Å².